The molecule has 5 N–H and O–H groups in total. The van der Waals surface area contributed by atoms with E-state index in [4.69, 9.17) is 11.5 Å². The lowest BCUT2D eigenvalue weighted by Crippen LogP contribution is -2.33. The molecule has 1 aromatic rings. The summed E-state index contributed by atoms with van der Waals surface area (Å²) in [5.41, 5.74) is 13.2. The molecule has 1 fully saturated rings. The average Bonchev–Trinajstić information content (AvgIpc) is 2.30. The van der Waals surface area contributed by atoms with E-state index in [-0.39, 0.29) is 5.88 Å². The lowest BCUT2D eigenvalue weighted by atomic mass is 10.0. The first-order valence-electron chi connectivity index (χ1n) is 6.31. The topological polar surface area (TPSA) is 81.1 Å². The van der Waals surface area contributed by atoms with Gasteiger partial charge in [0.1, 0.15) is 0 Å². The van der Waals surface area contributed by atoms with Crippen molar-refractivity contribution in [2.75, 3.05) is 17.1 Å². The fraction of sp³-hybridized carbons (Fsp3) is 0.462. The molecule has 100 valence electrons. The lowest BCUT2D eigenvalue weighted by molar-refractivity contribution is 0.681. The summed E-state index contributed by atoms with van der Waals surface area (Å²) in [6.07, 6.45) is 3.87. The number of anilines is 1. The minimum Gasteiger partial charge on any atom is -0.330 e. The van der Waals surface area contributed by atoms with Crippen LogP contribution in [0.3, 0.4) is 0 Å². The Labute approximate surface area is 109 Å². The van der Waals surface area contributed by atoms with Crippen LogP contribution in [0.25, 0.3) is 0 Å². The quantitative estimate of drug-likeness (QED) is 0.698. The third kappa shape index (κ3) is 2.85. The molecule has 5 heteroatoms. The molecule has 0 spiro atoms. The normalized spacial score (nSPS) is 18.0. The Kier molecular flexibility index (Phi) is 4.27. The van der Waals surface area contributed by atoms with Gasteiger partial charge in [-0.3, -0.25) is 0 Å². The summed E-state index contributed by atoms with van der Waals surface area (Å²) in [5.74, 6) is 0.173. The highest BCUT2D eigenvalue weighted by Gasteiger charge is 2.19. The van der Waals surface area contributed by atoms with Gasteiger partial charge in [-0.05, 0) is 49.9 Å². The molecule has 2 rings (SSSR count). The first kappa shape index (κ1) is 13.4. The van der Waals surface area contributed by atoms with Gasteiger partial charge in [0.05, 0.1) is 15.6 Å². The maximum absolute atomic E-state index is 12.6. The first-order chi connectivity index (χ1) is 8.68. The second-order valence-corrected chi connectivity index (χ2v) is 7.04. The molecule has 1 atom stereocenters. The summed E-state index contributed by atoms with van der Waals surface area (Å²) in [6, 6.07) is 7.91. The zero-order valence-electron chi connectivity index (χ0n) is 10.5. The zero-order chi connectivity index (χ0) is 13.0. The number of rotatable bonds is 5. The Morgan fingerprint density at radius 3 is 2.28 bits per heavy atom. The molecule has 1 aromatic carbocycles. The predicted octanol–water partition coefficient (Wildman–Crippen LogP) is 1.07. The molecular weight excluding hydrogens is 246 g/mol. The average molecular weight is 267 g/mol. The van der Waals surface area contributed by atoms with Crippen molar-refractivity contribution in [1.29, 1.82) is 0 Å². The highest BCUT2D eigenvalue weighted by molar-refractivity contribution is 8.03. The molecule has 0 heterocycles. The number of nitrogens with two attached hydrogens (primary N) is 2. The fourth-order valence-electron chi connectivity index (χ4n) is 1.98. The second-order valence-electron chi connectivity index (χ2n) is 4.57. The molecule has 1 saturated carbocycles. The van der Waals surface area contributed by atoms with Gasteiger partial charge in [-0.2, -0.15) is 0 Å². The number of benzene rings is 1. The Bertz CT molecular complexity index is 510. The van der Waals surface area contributed by atoms with E-state index in [0.717, 1.165) is 36.2 Å². The summed E-state index contributed by atoms with van der Waals surface area (Å²) in [4.78, 5) is 1.08. The molecule has 0 aliphatic heterocycles. The highest BCUT2D eigenvalue weighted by atomic mass is 32.2. The minimum absolute atomic E-state index is 0.173. The molecule has 1 aliphatic carbocycles. The van der Waals surface area contributed by atoms with E-state index in [9.17, 15) is 4.21 Å². The van der Waals surface area contributed by atoms with Crippen LogP contribution >= 0.6 is 0 Å². The largest absolute Gasteiger partial charge is 0.330 e. The molecule has 1 aliphatic rings. The van der Waals surface area contributed by atoms with Crippen LogP contribution in [-0.4, -0.2) is 21.5 Å². The van der Waals surface area contributed by atoms with Crippen molar-refractivity contribution in [3.05, 3.63) is 29.8 Å². The predicted molar refractivity (Wildman–Crippen MR) is 78.9 cm³/mol. The number of hydrogen-bond donors (Lipinski definition) is 3. The highest BCUT2D eigenvalue weighted by Crippen LogP contribution is 2.20. The van der Waals surface area contributed by atoms with Crippen LogP contribution in [0.15, 0.2) is 24.3 Å². The Morgan fingerprint density at radius 2 is 1.83 bits per heavy atom. The summed E-state index contributed by atoms with van der Waals surface area (Å²) in [7, 11) is -2.23. The molecule has 4 nitrogen and oxygen atoms in total. The molecule has 0 amide bonds. The third-order valence-electron chi connectivity index (χ3n) is 3.28. The number of nitrogens with one attached hydrogen (secondary N) is 1. The van der Waals surface area contributed by atoms with Gasteiger partial charge in [-0.25, -0.2) is 4.21 Å². The van der Waals surface area contributed by atoms with Gasteiger partial charge in [-0.15, -0.1) is 0 Å². The van der Waals surface area contributed by atoms with Gasteiger partial charge in [0.15, 0.2) is 0 Å². The van der Waals surface area contributed by atoms with Crippen molar-refractivity contribution in [3.63, 3.8) is 0 Å². The minimum atomic E-state index is -2.23. The first-order valence-corrected chi connectivity index (χ1v) is 8.04. The SMILES string of the molecule is NCCc1ccc(NS(=O)(CN)=C2CCC2)cc1. The summed E-state index contributed by atoms with van der Waals surface area (Å²) >= 11 is 0. The van der Waals surface area contributed by atoms with Crippen LogP contribution < -0.4 is 16.2 Å². The van der Waals surface area contributed by atoms with E-state index >= 15 is 0 Å². The summed E-state index contributed by atoms with van der Waals surface area (Å²) < 4.78 is 15.7. The van der Waals surface area contributed by atoms with Crippen LogP contribution in [0.2, 0.25) is 0 Å². The van der Waals surface area contributed by atoms with E-state index in [0.29, 0.717) is 6.54 Å². The van der Waals surface area contributed by atoms with Crippen molar-refractivity contribution < 1.29 is 4.21 Å². The molecule has 0 radical (unpaired) electrons. The smallest absolute Gasteiger partial charge is 0.0805 e. The van der Waals surface area contributed by atoms with Crippen molar-refractivity contribution in [1.82, 2.24) is 0 Å². The maximum atomic E-state index is 12.6. The molecule has 1 unspecified atom stereocenters. The fourth-order valence-corrected chi connectivity index (χ4v) is 3.91. The molecule has 18 heavy (non-hydrogen) atoms. The van der Waals surface area contributed by atoms with E-state index < -0.39 is 9.71 Å². The molecule has 0 bridgehead atoms. The van der Waals surface area contributed by atoms with Crippen LogP contribution in [0.5, 0.6) is 0 Å². The van der Waals surface area contributed by atoms with Gasteiger partial charge < -0.3 is 16.2 Å². The second kappa shape index (κ2) is 5.73. The van der Waals surface area contributed by atoms with Gasteiger partial charge in [0, 0.05) is 10.6 Å². The van der Waals surface area contributed by atoms with E-state index in [2.05, 4.69) is 4.72 Å². The van der Waals surface area contributed by atoms with E-state index in [1.165, 1.54) is 5.56 Å². The summed E-state index contributed by atoms with van der Waals surface area (Å²) in [5, 5.41) is 0. The maximum Gasteiger partial charge on any atom is 0.0805 e. The molecular formula is C13H21N3OS. The van der Waals surface area contributed by atoms with E-state index in [1.807, 2.05) is 24.3 Å². The van der Waals surface area contributed by atoms with Crippen molar-refractivity contribution in [2.45, 2.75) is 25.7 Å². The number of hydrogen-bond acceptors (Lipinski definition) is 3. The van der Waals surface area contributed by atoms with Crippen LogP contribution in [-0.2, 0) is 16.1 Å². The molecule has 0 aromatic heterocycles. The van der Waals surface area contributed by atoms with Crippen molar-refractivity contribution >= 4 is 20.3 Å². The Balaban J connectivity index is 2.16. The lowest BCUT2D eigenvalue weighted by Gasteiger charge is -2.24. The Hall–Kier alpha value is -1.04. The van der Waals surface area contributed by atoms with Crippen molar-refractivity contribution in [2.24, 2.45) is 11.5 Å². The monoisotopic (exact) mass is 267 g/mol. The standard InChI is InChI=1S/C13H21N3OS/c14-9-8-11-4-6-12(7-5-11)16-18(17,10-15)13-2-1-3-13/h4-7H,1-3,8-10,14-15H2,(H,16,17). The third-order valence-corrected chi connectivity index (χ3v) is 5.66. The van der Waals surface area contributed by atoms with Crippen LogP contribution in [0, 0.1) is 0 Å². The van der Waals surface area contributed by atoms with Gasteiger partial charge in [0.25, 0.3) is 0 Å². The van der Waals surface area contributed by atoms with Gasteiger partial charge >= 0.3 is 0 Å². The van der Waals surface area contributed by atoms with Crippen molar-refractivity contribution in [3.8, 4) is 0 Å². The summed E-state index contributed by atoms with van der Waals surface area (Å²) in [6.45, 7) is 0.643. The van der Waals surface area contributed by atoms with Crippen LogP contribution in [0.1, 0.15) is 24.8 Å². The molecule has 0 saturated heterocycles. The van der Waals surface area contributed by atoms with E-state index in [1.54, 1.807) is 0 Å². The zero-order valence-corrected chi connectivity index (χ0v) is 11.3. The van der Waals surface area contributed by atoms with Gasteiger partial charge in [0.2, 0.25) is 0 Å². The van der Waals surface area contributed by atoms with Crippen LogP contribution in [0.4, 0.5) is 5.69 Å². The van der Waals surface area contributed by atoms with Gasteiger partial charge in [-0.1, -0.05) is 12.1 Å². The Morgan fingerprint density at radius 1 is 1.17 bits per heavy atom.